The van der Waals surface area contributed by atoms with Gasteiger partial charge in [-0.15, -0.1) is 0 Å². The third-order valence-electron chi connectivity index (χ3n) is 5.38. The van der Waals surface area contributed by atoms with Gasteiger partial charge in [-0.2, -0.15) is 0 Å². The Morgan fingerprint density at radius 1 is 1.03 bits per heavy atom. The maximum absolute atomic E-state index is 13.1. The van der Waals surface area contributed by atoms with Crippen LogP contribution < -0.4 is 19.5 Å². The van der Waals surface area contributed by atoms with E-state index in [1.807, 2.05) is 24.3 Å². The van der Waals surface area contributed by atoms with Gasteiger partial charge in [-0.3, -0.25) is 4.79 Å². The van der Waals surface area contributed by atoms with E-state index in [4.69, 9.17) is 9.47 Å². The first-order chi connectivity index (χ1) is 16.4. The molecule has 3 rings (SSSR count). The number of methoxy groups -OCH3 is 2. The van der Waals surface area contributed by atoms with E-state index < -0.39 is 10.0 Å². The van der Waals surface area contributed by atoms with Gasteiger partial charge < -0.3 is 14.8 Å². The summed E-state index contributed by atoms with van der Waals surface area (Å²) in [5, 5.41) is 2.98. The molecule has 1 amide bonds. The first-order valence-electron chi connectivity index (χ1n) is 11.0. The quantitative estimate of drug-likeness (QED) is 0.479. The summed E-state index contributed by atoms with van der Waals surface area (Å²) in [7, 11) is -0.157. The standard InChI is InChI=1S/C26H31N3O5S/c1-26(2,3)21-14-19(20-8-7-13-27-25(20)34-5)15-22(23(21)33-4)29-24(30)18-11-9-17(10-12-18)16-28-35(6,31)32/h7-15,28H,16H2,1-6H3,(H,29,30). The molecule has 1 heterocycles. The van der Waals surface area contributed by atoms with Crippen LogP contribution in [0.3, 0.4) is 0 Å². The van der Waals surface area contributed by atoms with Crippen LogP contribution in [-0.4, -0.2) is 39.8 Å². The summed E-state index contributed by atoms with van der Waals surface area (Å²) in [6, 6.07) is 14.3. The van der Waals surface area contributed by atoms with Gasteiger partial charge in [0.25, 0.3) is 5.91 Å². The lowest BCUT2D eigenvalue weighted by Gasteiger charge is -2.25. The normalized spacial score (nSPS) is 11.7. The highest BCUT2D eigenvalue weighted by molar-refractivity contribution is 7.88. The van der Waals surface area contributed by atoms with Gasteiger partial charge in [-0.25, -0.2) is 18.1 Å². The van der Waals surface area contributed by atoms with Gasteiger partial charge in [-0.1, -0.05) is 32.9 Å². The highest BCUT2D eigenvalue weighted by atomic mass is 32.2. The van der Waals surface area contributed by atoms with E-state index in [2.05, 4.69) is 35.8 Å². The molecule has 35 heavy (non-hydrogen) atoms. The van der Waals surface area contributed by atoms with Gasteiger partial charge in [0.15, 0.2) is 0 Å². The van der Waals surface area contributed by atoms with Gasteiger partial charge in [0.2, 0.25) is 15.9 Å². The number of ether oxygens (including phenoxy) is 2. The number of rotatable bonds is 8. The largest absolute Gasteiger partial charge is 0.494 e. The second-order valence-corrected chi connectivity index (χ2v) is 11.0. The molecule has 0 spiro atoms. The summed E-state index contributed by atoms with van der Waals surface area (Å²) in [6.45, 7) is 6.37. The van der Waals surface area contributed by atoms with E-state index in [-0.39, 0.29) is 17.9 Å². The number of sulfonamides is 1. The molecule has 1 aromatic heterocycles. The molecule has 0 aliphatic rings. The molecule has 186 valence electrons. The topological polar surface area (TPSA) is 107 Å². The fraction of sp³-hybridized carbons (Fsp3) is 0.308. The Balaban J connectivity index is 1.99. The predicted molar refractivity (Wildman–Crippen MR) is 138 cm³/mol. The smallest absolute Gasteiger partial charge is 0.255 e. The molecule has 0 radical (unpaired) electrons. The van der Waals surface area contributed by atoms with Crippen LogP contribution in [0.15, 0.2) is 54.7 Å². The second-order valence-electron chi connectivity index (χ2n) is 9.16. The highest BCUT2D eigenvalue weighted by Crippen LogP contribution is 2.42. The summed E-state index contributed by atoms with van der Waals surface area (Å²) >= 11 is 0. The second kappa shape index (κ2) is 10.5. The summed E-state index contributed by atoms with van der Waals surface area (Å²) < 4.78 is 36.3. The van der Waals surface area contributed by atoms with Crippen molar-refractivity contribution in [3.05, 3.63) is 71.4 Å². The molecule has 0 unspecified atom stereocenters. The third-order valence-corrected chi connectivity index (χ3v) is 6.05. The number of benzene rings is 2. The Bertz CT molecular complexity index is 1310. The van der Waals surface area contributed by atoms with E-state index in [1.165, 1.54) is 0 Å². The van der Waals surface area contributed by atoms with Crippen molar-refractivity contribution in [3.8, 4) is 22.8 Å². The Labute approximate surface area is 206 Å². The lowest BCUT2D eigenvalue weighted by molar-refractivity contribution is 0.102. The average Bonchev–Trinajstić information content (AvgIpc) is 2.81. The Morgan fingerprint density at radius 2 is 1.71 bits per heavy atom. The van der Waals surface area contributed by atoms with Crippen molar-refractivity contribution < 1.29 is 22.7 Å². The number of amides is 1. The van der Waals surface area contributed by atoms with E-state index >= 15 is 0 Å². The minimum atomic E-state index is -3.30. The van der Waals surface area contributed by atoms with E-state index in [9.17, 15) is 13.2 Å². The van der Waals surface area contributed by atoms with Crippen LogP contribution in [0.4, 0.5) is 5.69 Å². The number of carbonyl (C=O) groups excluding carboxylic acids is 1. The van der Waals surface area contributed by atoms with Crippen LogP contribution in [0.5, 0.6) is 11.6 Å². The number of nitrogens with zero attached hydrogens (tertiary/aromatic N) is 1. The Kier molecular flexibility index (Phi) is 7.82. The minimum absolute atomic E-state index is 0.151. The molecule has 2 aromatic carbocycles. The molecular formula is C26H31N3O5S. The van der Waals surface area contributed by atoms with Gasteiger partial charge >= 0.3 is 0 Å². The number of carbonyl (C=O) groups is 1. The van der Waals surface area contributed by atoms with Gasteiger partial charge in [0.1, 0.15) is 5.75 Å². The van der Waals surface area contributed by atoms with E-state index in [0.717, 1.165) is 28.5 Å². The summed E-state index contributed by atoms with van der Waals surface area (Å²) in [5.74, 6) is 0.737. The zero-order chi connectivity index (χ0) is 25.8. The number of hydrogen-bond donors (Lipinski definition) is 2. The molecule has 2 N–H and O–H groups in total. The lowest BCUT2D eigenvalue weighted by atomic mass is 9.84. The van der Waals surface area contributed by atoms with Crippen molar-refractivity contribution in [1.29, 1.82) is 0 Å². The molecule has 0 bridgehead atoms. The molecular weight excluding hydrogens is 466 g/mol. The SMILES string of the molecule is COc1ncccc1-c1cc(NC(=O)c2ccc(CNS(C)(=O)=O)cc2)c(OC)c(C(C)(C)C)c1. The van der Waals surface area contributed by atoms with Crippen LogP contribution >= 0.6 is 0 Å². The Hall–Kier alpha value is -3.43. The number of anilines is 1. The number of pyridine rings is 1. The van der Waals surface area contributed by atoms with E-state index in [0.29, 0.717) is 22.9 Å². The van der Waals surface area contributed by atoms with Crippen molar-refractivity contribution in [1.82, 2.24) is 9.71 Å². The van der Waals surface area contributed by atoms with Crippen molar-refractivity contribution in [2.75, 3.05) is 25.8 Å². The molecule has 8 nitrogen and oxygen atoms in total. The number of aromatic nitrogens is 1. The summed E-state index contributed by atoms with van der Waals surface area (Å²) in [4.78, 5) is 17.4. The lowest BCUT2D eigenvalue weighted by Crippen LogP contribution is -2.21. The minimum Gasteiger partial charge on any atom is -0.494 e. The maximum atomic E-state index is 13.1. The molecule has 9 heteroatoms. The zero-order valence-corrected chi connectivity index (χ0v) is 21.6. The maximum Gasteiger partial charge on any atom is 0.255 e. The van der Waals surface area contributed by atoms with Crippen molar-refractivity contribution in [3.63, 3.8) is 0 Å². The third kappa shape index (κ3) is 6.58. The van der Waals surface area contributed by atoms with Crippen LogP contribution in [0.2, 0.25) is 0 Å². The van der Waals surface area contributed by atoms with Crippen molar-refractivity contribution >= 4 is 21.6 Å². The monoisotopic (exact) mass is 497 g/mol. The first-order valence-corrected chi connectivity index (χ1v) is 12.9. The molecule has 0 saturated carbocycles. The van der Waals surface area contributed by atoms with Crippen LogP contribution in [0, 0.1) is 0 Å². The van der Waals surface area contributed by atoms with Gasteiger partial charge in [0, 0.05) is 29.4 Å². The fourth-order valence-electron chi connectivity index (χ4n) is 3.61. The van der Waals surface area contributed by atoms with Gasteiger partial charge in [-0.05, 0) is 52.9 Å². The highest BCUT2D eigenvalue weighted by Gasteiger charge is 2.25. The van der Waals surface area contributed by atoms with Gasteiger partial charge in [0.05, 0.1) is 26.2 Å². The molecule has 0 saturated heterocycles. The number of nitrogens with one attached hydrogen (secondary N) is 2. The zero-order valence-electron chi connectivity index (χ0n) is 20.8. The van der Waals surface area contributed by atoms with Crippen LogP contribution in [0.25, 0.3) is 11.1 Å². The predicted octanol–water partition coefficient (Wildman–Crippen LogP) is 4.36. The molecule has 3 aromatic rings. The molecule has 0 aliphatic heterocycles. The van der Waals surface area contributed by atoms with Crippen molar-refractivity contribution in [2.45, 2.75) is 32.7 Å². The average molecular weight is 498 g/mol. The summed E-state index contributed by atoms with van der Waals surface area (Å²) in [5.41, 5.74) is 3.96. The summed E-state index contributed by atoms with van der Waals surface area (Å²) in [6.07, 6.45) is 2.76. The molecule has 0 fully saturated rings. The Morgan fingerprint density at radius 3 is 2.29 bits per heavy atom. The first kappa shape index (κ1) is 26.2. The van der Waals surface area contributed by atoms with Crippen LogP contribution in [-0.2, 0) is 22.0 Å². The van der Waals surface area contributed by atoms with Crippen molar-refractivity contribution in [2.24, 2.45) is 0 Å². The molecule has 0 aliphatic carbocycles. The molecule has 0 atom stereocenters. The van der Waals surface area contributed by atoms with Crippen LogP contribution in [0.1, 0.15) is 42.3 Å². The number of hydrogen-bond acceptors (Lipinski definition) is 6. The fourth-order valence-corrected chi connectivity index (χ4v) is 4.04. The van der Waals surface area contributed by atoms with E-state index in [1.54, 1.807) is 44.7 Å².